The number of carbonyl (C=O) groups is 1. The van der Waals surface area contributed by atoms with E-state index in [1.54, 1.807) is 0 Å². The molecule has 0 spiro atoms. The van der Waals surface area contributed by atoms with Gasteiger partial charge in [0.2, 0.25) is 0 Å². The van der Waals surface area contributed by atoms with Gasteiger partial charge in [-0.15, -0.1) is 0 Å². The molecule has 0 bridgehead atoms. The molecule has 4 heterocycles. The number of hydrogen-bond acceptors (Lipinski definition) is 6. The SMILES string of the molecule is O=C(c1cc(C2CC2)on1)N1CCC2CN(C3CCOCC3)CCOC2C1. The zero-order valence-electron chi connectivity index (χ0n) is 15.8. The molecule has 0 radical (unpaired) electrons. The molecule has 0 N–H and O–H groups in total. The molecule has 27 heavy (non-hydrogen) atoms. The van der Waals surface area contributed by atoms with Gasteiger partial charge in [0.1, 0.15) is 5.76 Å². The molecule has 5 rings (SSSR count). The highest BCUT2D eigenvalue weighted by atomic mass is 16.5. The van der Waals surface area contributed by atoms with E-state index in [0.717, 1.165) is 77.3 Å². The summed E-state index contributed by atoms with van der Waals surface area (Å²) < 4.78 is 17.1. The summed E-state index contributed by atoms with van der Waals surface area (Å²) in [6.45, 7) is 5.99. The highest BCUT2D eigenvalue weighted by Gasteiger charge is 2.38. The van der Waals surface area contributed by atoms with Crippen molar-refractivity contribution in [3.63, 3.8) is 0 Å². The number of amides is 1. The third kappa shape index (κ3) is 3.77. The fourth-order valence-corrected chi connectivity index (χ4v) is 4.76. The third-order valence-corrected chi connectivity index (χ3v) is 6.60. The Morgan fingerprint density at radius 1 is 1.04 bits per heavy atom. The van der Waals surface area contributed by atoms with Crippen LogP contribution in [-0.2, 0) is 9.47 Å². The summed E-state index contributed by atoms with van der Waals surface area (Å²) >= 11 is 0. The van der Waals surface area contributed by atoms with Crippen molar-refractivity contribution in [1.82, 2.24) is 15.0 Å². The molecule has 7 nitrogen and oxygen atoms in total. The number of aromatic nitrogens is 1. The summed E-state index contributed by atoms with van der Waals surface area (Å²) in [6, 6.07) is 2.46. The van der Waals surface area contributed by atoms with E-state index in [1.807, 2.05) is 11.0 Å². The molecule has 1 saturated carbocycles. The van der Waals surface area contributed by atoms with Gasteiger partial charge in [-0.3, -0.25) is 9.69 Å². The number of fused-ring (bicyclic) bond motifs is 1. The van der Waals surface area contributed by atoms with Crippen molar-refractivity contribution < 1.29 is 18.8 Å². The Morgan fingerprint density at radius 3 is 2.70 bits per heavy atom. The number of hydrogen-bond donors (Lipinski definition) is 0. The molecular weight excluding hydrogens is 346 g/mol. The highest BCUT2D eigenvalue weighted by molar-refractivity contribution is 5.92. The first-order valence-corrected chi connectivity index (χ1v) is 10.5. The van der Waals surface area contributed by atoms with Crippen LogP contribution >= 0.6 is 0 Å². The normalized spacial score (nSPS) is 30.7. The third-order valence-electron chi connectivity index (χ3n) is 6.60. The van der Waals surface area contributed by atoms with Crippen molar-refractivity contribution in [1.29, 1.82) is 0 Å². The molecule has 3 saturated heterocycles. The van der Waals surface area contributed by atoms with E-state index < -0.39 is 0 Å². The van der Waals surface area contributed by atoms with E-state index in [4.69, 9.17) is 14.0 Å². The molecule has 1 aromatic rings. The lowest BCUT2D eigenvalue weighted by Gasteiger charge is -2.39. The molecule has 148 valence electrons. The van der Waals surface area contributed by atoms with Gasteiger partial charge >= 0.3 is 0 Å². The molecule has 2 atom stereocenters. The van der Waals surface area contributed by atoms with Crippen LogP contribution in [0.4, 0.5) is 0 Å². The zero-order valence-corrected chi connectivity index (χ0v) is 15.8. The van der Waals surface area contributed by atoms with Crippen LogP contribution in [0.3, 0.4) is 0 Å². The maximum absolute atomic E-state index is 12.9. The fourth-order valence-electron chi connectivity index (χ4n) is 4.76. The van der Waals surface area contributed by atoms with Gasteiger partial charge in [-0.05, 0) is 32.1 Å². The molecule has 1 amide bonds. The number of rotatable bonds is 3. The Balaban J connectivity index is 1.21. The van der Waals surface area contributed by atoms with Crippen LogP contribution in [0.25, 0.3) is 0 Å². The Bertz CT molecular complexity index is 668. The van der Waals surface area contributed by atoms with E-state index >= 15 is 0 Å². The summed E-state index contributed by atoms with van der Waals surface area (Å²) in [7, 11) is 0. The average molecular weight is 375 g/mol. The van der Waals surface area contributed by atoms with Crippen LogP contribution in [0.2, 0.25) is 0 Å². The van der Waals surface area contributed by atoms with Gasteiger partial charge in [0.15, 0.2) is 5.69 Å². The van der Waals surface area contributed by atoms with E-state index in [0.29, 0.717) is 30.1 Å². The monoisotopic (exact) mass is 375 g/mol. The minimum absolute atomic E-state index is 0.0155. The average Bonchev–Trinajstić information content (AvgIpc) is 3.49. The van der Waals surface area contributed by atoms with Crippen molar-refractivity contribution in [2.75, 3.05) is 46.0 Å². The smallest absolute Gasteiger partial charge is 0.276 e. The predicted molar refractivity (Wildman–Crippen MR) is 97.6 cm³/mol. The number of piperidine rings is 1. The number of nitrogens with zero attached hydrogens (tertiary/aromatic N) is 3. The van der Waals surface area contributed by atoms with Crippen LogP contribution in [0.1, 0.15) is 54.3 Å². The topological polar surface area (TPSA) is 68.0 Å². The minimum atomic E-state index is -0.0155. The van der Waals surface area contributed by atoms with Crippen molar-refractivity contribution in [2.24, 2.45) is 5.92 Å². The summed E-state index contributed by atoms with van der Waals surface area (Å²) in [5.41, 5.74) is 0.452. The van der Waals surface area contributed by atoms with Gasteiger partial charge in [-0.2, -0.15) is 0 Å². The van der Waals surface area contributed by atoms with Crippen molar-refractivity contribution in [3.8, 4) is 0 Å². The maximum atomic E-state index is 12.9. The lowest BCUT2D eigenvalue weighted by molar-refractivity contribution is -0.0176. The number of likely N-dealkylation sites (tertiary alicyclic amines) is 1. The summed E-state index contributed by atoms with van der Waals surface area (Å²) in [4.78, 5) is 17.4. The van der Waals surface area contributed by atoms with E-state index in [9.17, 15) is 4.79 Å². The van der Waals surface area contributed by atoms with E-state index in [2.05, 4.69) is 10.1 Å². The van der Waals surface area contributed by atoms with Gasteiger partial charge < -0.3 is 18.9 Å². The molecule has 2 unspecified atom stereocenters. The summed E-state index contributed by atoms with van der Waals surface area (Å²) in [5.74, 6) is 1.83. The lowest BCUT2D eigenvalue weighted by Crippen LogP contribution is -2.50. The molecule has 4 fully saturated rings. The molecule has 1 aliphatic carbocycles. The fraction of sp³-hybridized carbons (Fsp3) is 0.800. The van der Waals surface area contributed by atoms with Crippen molar-refractivity contribution in [3.05, 3.63) is 17.5 Å². The molecule has 4 aliphatic rings. The highest BCUT2D eigenvalue weighted by Crippen LogP contribution is 2.40. The van der Waals surface area contributed by atoms with Crippen molar-refractivity contribution in [2.45, 2.75) is 50.2 Å². The Labute approximate surface area is 159 Å². The van der Waals surface area contributed by atoms with Gasteiger partial charge in [-0.25, -0.2) is 0 Å². The lowest BCUT2D eigenvalue weighted by atomic mass is 9.92. The molecule has 7 heteroatoms. The molecule has 1 aromatic heterocycles. The Kier molecular flexibility index (Phi) is 4.92. The summed E-state index contributed by atoms with van der Waals surface area (Å²) in [6.07, 6.45) is 5.65. The standard InChI is InChI=1S/C20H29N3O4/c24-20(17-11-18(27-21-17)14-1-2-14)23-6-3-15-12-22(7-10-26-19(15)13-23)16-4-8-25-9-5-16/h11,14-16,19H,1-10,12-13H2. The predicted octanol–water partition coefficient (Wildman–Crippen LogP) is 1.89. The molecule has 0 aromatic carbocycles. The first-order chi connectivity index (χ1) is 13.3. The Hall–Kier alpha value is -1.44. The van der Waals surface area contributed by atoms with Crippen LogP contribution in [0, 0.1) is 5.92 Å². The first-order valence-electron chi connectivity index (χ1n) is 10.5. The van der Waals surface area contributed by atoms with E-state index in [1.165, 1.54) is 0 Å². The van der Waals surface area contributed by atoms with Crippen molar-refractivity contribution >= 4 is 5.91 Å². The Morgan fingerprint density at radius 2 is 1.89 bits per heavy atom. The zero-order chi connectivity index (χ0) is 18.2. The first kappa shape index (κ1) is 17.6. The van der Waals surface area contributed by atoms with Gasteiger partial charge in [0.25, 0.3) is 5.91 Å². The summed E-state index contributed by atoms with van der Waals surface area (Å²) in [5, 5.41) is 4.02. The van der Waals surface area contributed by atoms with Crippen LogP contribution in [-0.4, -0.2) is 79.0 Å². The van der Waals surface area contributed by atoms with Gasteiger partial charge in [0, 0.05) is 63.3 Å². The molecule has 3 aliphatic heterocycles. The quantitative estimate of drug-likeness (QED) is 0.804. The van der Waals surface area contributed by atoms with Crippen LogP contribution in [0.15, 0.2) is 10.6 Å². The van der Waals surface area contributed by atoms with Gasteiger partial charge in [-0.1, -0.05) is 5.16 Å². The molecular formula is C20H29N3O4. The van der Waals surface area contributed by atoms with Gasteiger partial charge in [0.05, 0.1) is 12.7 Å². The second-order valence-corrected chi connectivity index (χ2v) is 8.44. The minimum Gasteiger partial charge on any atom is -0.381 e. The second kappa shape index (κ2) is 7.53. The van der Waals surface area contributed by atoms with Crippen LogP contribution < -0.4 is 0 Å². The second-order valence-electron chi connectivity index (χ2n) is 8.44. The maximum Gasteiger partial charge on any atom is 0.276 e. The van der Waals surface area contributed by atoms with Crippen LogP contribution in [0.5, 0.6) is 0 Å². The number of carbonyl (C=O) groups excluding carboxylic acids is 1. The van der Waals surface area contributed by atoms with E-state index in [-0.39, 0.29) is 12.0 Å². The number of ether oxygens (including phenoxy) is 2. The largest absolute Gasteiger partial charge is 0.381 e.